The number of nitrogens with one attached hydrogen (secondary N) is 2. The molecule has 0 aliphatic rings. The lowest BCUT2D eigenvalue weighted by atomic mass is 10.00. The Kier molecular flexibility index (Phi) is 7.64. The van der Waals surface area contributed by atoms with E-state index in [1.54, 1.807) is 6.33 Å². The van der Waals surface area contributed by atoms with E-state index in [1.165, 1.54) is 11.1 Å². The SMILES string of the molecule is CCNC(=NCc1ccccc1-c1ccc(Cl)cc1)NCCn1cnnc1CC. The number of aromatic nitrogens is 3. The monoisotopic (exact) mass is 410 g/mol. The number of nitrogens with zero attached hydrogens (tertiary/aromatic N) is 4. The van der Waals surface area contributed by atoms with Gasteiger partial charge >= 0.3 is 0 Å². The molecule has 1 heterocycles. The Hall–Kier alpha value is -2.86. The highest BCUT2D eigenvalue weighted by molar-refractivity contribution is 6.30. The number of hydrogen-bond acceptors (Lipinski definition) is 3. The van der Waals surface area contributed by atoms with E-state index in [0.717, 1.165) is 48.4 Å². The highest BCUT2D eigenvalue weighted by Gasteiger charge is 2.06. The summed E-state index contributed by atoms with van der Waals surface area (Å²) in [7, 11) is 0. The molecule has 6 nitrogen and oxygen atoms in total. The van der Waals surface area contributed by atoms with E-state index >= 15 is 0 Å². The molecule has 0 saturated carbocycles. The van der Waals surface area contributed by atoms with Crippen molar-refractivity contribution in [2.45, 2.75) is 33.4 Å². The molecule has 7 heteroatoms. The van der Waals surface area contributed by atoms with Crippen LogP contribution < -0.4 is 10.6 Å². The summed E-state index contributed by atoms with van der Waals surface area (Å²) in [6, 6.07) is 16.2. The van der Waals surface area contributed by atoms with Crippen LogP contribution >= 0.6 is 11.6 Å². The fraction of sp³-hybridized carbons (Fsp3) is 0.318. The molecule has 2 N–H and O–H groups in total. The lowest BCUT2D eigenvalue weighted by Crippen LogP contribution is -2.38. The zero-order valence-electron chi connectivity index (χ0n) is 16.9. The number of guanidine groups is 1. The van der Waals surface area contributed by atoms with E-state index in [2.05, 4.69) is 51.4 Å². The molecule has 0 fully saturated rings. The Bertz CT molecular complexity index is 932. The summed E-state index contributed by atoms with van der Waals surface area (Å²) in [5, 5.41) is 15.5. The van der Waals surface area contributed by atoms with Crippen molar-refractivity contribution < 1.29 is 0 Å². The van der Waals surface area contributed by atoms with Crippen LogP contribution in [0, 0.1) is 0 Å². The van der Waals surface area contributed by atoms with E-state index in [1.807, 2.05) is 36.4 Å². The Labute approximate surface area is 177 Å². The third kappa shape index (κ3) is 5.81. The van der Waals surface area contributed by atoms with Crippen molar-refractivity contribution in [1.82, 2.24) is 25.4 Å². The molecule has 0 spiro atoms. The molecular formula is C22H27ClN6. The molecule has 152 valence electrons. The maximum Gasteiger partial charge on any atom is 0.191 e. The second kappa shape index (κ2) is 10.6. The average Bonchev–Trinajstić information content (AvgIpc) is 3.20. The minimum Gasteiger partial charge on any atom is -0.357 e. The largest absolute Gasteiger partial charge is 0.357 e. The molecule has 0 bridgehead atoms. The maximum absolute atomic E-state index is 6.03. The van der Waals surface area contributed by atoms with Crippen LogP contribution in [0.4, 0.5) is 0 Å². The zero-order valence-corrected chi connectivity index (χ0v) is 17.7. The van der Waals surface area contributed by atoms with Gasteiger partial charge in [-0.2, -0.15) is 0 Å². The summed E-state index contributed by atoms with van der Waals surface area (Å²) in [6.07, 6.45) is 2.64. The topological polar surface area (TPSA) is 67.1 Å². The fourth-order valence-corrected chi connectivity index (χ4v) is 3.24. The Morgan fingerprint density at radius 2 is 1.86 bits per heavy atom. The molecule has 2 aromatic carbocycles. The van der Waals surface area contributed by atoms with Gasteiger partial charge in [-0.3, -0.25) is 0 Å². The molecule has 0 atom stereocenters. The van der Waals surface area contributed by atoms with Crippen LogP contribution in [-0.4, -0.2) is 33.8 Å². The highest BCUT2D eigenvalue weighted by Crippen LogP contribution is 2.25. The minimum atomic E-state index is 0.584. The Morgan fingerprint density at radius 3 is 2.62 bits per heavy atom. The van der Waals surface area contributed by atoms with Crippen LogP contribution in [0.3, 0.4) is 0 Å². The van der Waals surface area contributed by atoms with Gasteiger partial charge in [0, 0.05) is 31.1 Å². The maximum atomic E-state index is 6.03. The van der Waals surface area contributed by atoms with Crippen molar-refractivity contribution in [1.29, 1.82) is 0 Å². The van der Waals surface area contributed by atoms with Gasteiger partial charge in [0.05, 0.1) is 6.54 Å². The first-order chi connectivity index (χ1) is 14.2. The Balaban J connectivity index is 1.68. The molecule has 0 saturated heterocycles. The lowest BCUT2D eigenvalue weighted by Gasteiger charge is -2.13. The van der Waals surface area contributed by atoms with E-state index in [0.29, 0.717) is 6.54 Å². The van der Waals surface area contributed by atoms with Gasteiger partial charge in [0.15, 0.2) is 5.96 Å². The van der Waals surface area contributed by atoms with Gasteiger partial charge in [-0.05, 0) is 35.7 Å². The van der Waals surface area contributed by atoms with Crippen molar-refractivity contribution in [3.05, 3.63) is 71.3 Å². The van der Waals surface area contributed by atoms with Crippen LogP contribution in [-0.2, 0) is 19.5 Å². The second-order valence-corrected chi connectivity index (χ2v) is 7.02. The van der Waals surface area contributed by atoms with Gasteiger partial charge in [-0.15, -0.1) is 10.2 Å². The first-order valence-corrected chi connectivity index (χ1v) is 10.3. The molecular weight excluding hydrogens is 384 g/mol. The molecule has 0 amide bonds. The quantitative estimate of drug-likeness (QED) is 0.436. The predicted molar refractivity (Wildman–Crippen MR) is 119 cm³/mol. The number of hydrogen-bond donors (Lipinski definition) is 2. The van der Waals surface area contributed by atoms with Gasteiger partial charge in [-0.1, -0.05) is 54.9 Å². The summed E-state index contributed by atoms with van der Waals surface area (Å²) < 4.78 is 2.06. The van der Waals surface area contributed by atoms with E-state index in [-0.39, 0.29) is 0 Å². The first-order valence-electron chi connectivity index (χ1n) is 9.94. The normalized spacial score (nSPS) is 11.5. The second-order valence-electron chi connectivity index (χ2n) is 6.58. The highest BCUT2D eigenvalue weighted by atomic mass is 35.5. The summed E-state index contributed by atoms with van der Waals surface area (Å²) in [4.78, 5) is 4.78. The molecule has 0 aliphatic carbocycles. The summed E-state index contributed by atoms with van der Waals surface area (Å²) in [6.45, 7) is 7.07. The third-order valence-electron chi connectivity index (χ3n) is 4.58. The standard InChI is InChI=1S/C22H27ClN6/c1-3-21-28-27-16-29(21)14-13-25-22(24-4-2)26-15-18-7-5-6-8-20(18)17-9-11-19(23)12-10-17/h5-12,16H,3-4,13-15H2,1-2H3,(H2,24,25,26). The summed E-state index contributed by atoms with van der Waals surface area (Å²) >= 11 is 6.03. The number of benzene rings is 2. The van der Waals surface area contributed by atoms with Crippen molar-refractivity contribution in [2.24, 2.45) is 4.99 Å². The van der Waals surface area contributed by atoms with Crippen molar-refractivity contribution >= 4 is 17.6 Å². The molecule has 1 aromatic heterocycles. The van der Waals surface area contributed by atoms with E-state index in [9.17, 15) is 0 Å². The van der Waals surface area contributed by atoms with Crippen molar-refractivity contribution in [2.75, 3.05) is 13.1 Å². The van der Waals surface area contributed by atoms with Crippen molar-refractivity contribution in [3.63, 3.8) is 0 Å². The Morgan fingerprint density at radius 1 is 1.07 bits per heavy atom. The van der Waals surface area contributed by atoms with Crippen molar-refractivity contribution in [3.8, 4) is 11.1 Å². The molecule has 29 heavy (non-hydrogen) atoms. The van der Waals surface area contributed by atoms with E-state index in [4.69, 9.17) is 16.6 Å². The summed E-state index contributed by atoms with van der Waals surface area (Å²) in [5.41, 5.74) is 3.47. The summed E-state index contributed by atoms with van der Waals surface area (Å²) in [5.74, 6) is 1.79. The molecule has 0 radical (unpaired) electrons. The van der Waals surface area contributed by atoms with Crippen LogP contribution in [0.2, 0.25) is 5.02 Å². The zero-order chi connectivity index (χ0) is 20.5. The van der Waals surface area contributed by atoms with Crippen LogP contribution in [0.1, 0.15) is 25.2 Å². The van der Waals surface area contributed by atoms with Crippen LogP contribution in [0.15, 0.2) is 59.9 Å². The fourth-order valence-electron chi connectivity index (χ4n) is 3.11. The number of halogens is 1. The average molecular weight is 411 g/mol. The molecule has 0 aliphatic heterocycles. The van der Waals surface area contributed by atoms with Gasteiger partial charge in [0.2, 0.25) is 0 Å². The number of aryl methyl sites for hydroxylation is 1. The first kappa shape index (κ1) is 20.9. The smallest absolute Gasteiger partial charge is 0.191 e. The molecule has 3 aromatic rings. The van der Waals surface area contributed by atoms with Crippen LogP contribution in [0.5, 0.6) is 0 Å². The van der Waals surface area contributed by atoms with Crippen LogP contribution in [0.25, 0.3) is 11.1 Å². The minimum absolute atomic E-state index is 0.584. The van der Waals surface area contributed by atoms with Gasteiger partial charge < -0.3 is 15.2 Å². The van der Waals surface area contributed by atoms with Gasteiger partial charge in [-0.25, -0.2) is 4.99 Å². The van der Waals surface area contributed by atoms with Gasteiger partial charge in [0.1, 0.15) is 12.2 Å². The van der Waals surface area contributed by atoms with E-state index < -0.39 is 0 Å². The number of rotatable bonds is 8. The molecule has 3 rings (SSSR count). The predicted octanol–water partition coefficient (Wildman–Crippen LogP) is 3.92. The number of aliphatic imine (C=N–C) groups is 1. The van der Waals surface area contributed by atoms with Gasteiger partial charge in [0.25, 0.3) is 0 Å². The lowest BCUT2D eigenvalue weighted by molar-refractivity contribution is 0.632. The third-order valence-corrected chi connectivity index (χ3v) is 4.83. The molecule has 0 unspecified atom stereocenters.